The van der Waals surface area contributed by atoms with E-state index in [0.717, 1.165) is 13.0 Å². The van der Waals surface area contributed by atoms with Crippen LogP contribution in [0.5, 0.6) is 0 Å². The van der Waals surface area contributed by atoms with Gasteiger partial charge in [0.25, 0.3) is 5.91 Å². The molecule has 6 heteroatoms. The van der Waals surface area contributed by atoms with Crippen LogP contribution in [0.4, 0.5) is 0 Å². The highest BCUT2D eigenvalue weighted by Gasteiger charge is 2.33. The Morgan fingerprint density at radius 1 is 1.22 bits per heavy atom. The van der Waals surface area contributed by atoms with Crippen molar-refractivity contribution in [2.75, 3.05) is 6.54 Å². The summed E-state index contributed by atoms with van der Waals surface area (Å²) < 4.78 is 0. The molecule has 116 valence electrons. The SMILES string of the molecule is O=C(c1ccc(Cl)nc1)N1CCc2sccc2[C@@H]1c1cccs1. The van der Waals surface area contributed by atoms with Gasteiger partial charge < -0.3 is 4.90 Å². The fourth-order valence-corrected chi connectivity index (χ4v) is 4.83. The van der Waals surface area contributed by atoms with E-state index in [4.69, 9.17) is 11.6 Å². The van der Waals surface area contributed by atoms with Crippen LogP contribution < -0.4 is 0 Å². The highest BCUT2D eigenvalue weighted by atomic mass is 35.5. The molecule has 3 nitrogen and oxygen atoms in total. The van der Waals surface area contributed by atoms with E-state index in [0.29, 0.717) is 10.7 Å². The maximum absolute atomic E-state index is 13.0. The second kappa shape index (κ2) is 6.07. The first kappa shape index (κ1) is 14.9. The molecule has 23 heavy (non-hydrogen) atoms. The lowest BCUT2D eigenvalue weighted by Gasteiger charge is -2.35. The van der Waals surface area contributed by atoms with Gasteiger partial charge in [-0.15, -0.1) is 22.7 Å². The summed E-state index contributed by atoms with van der Waals surface area (Å²) in [5.41, 5.74) is 1.83. The lowest BCUT2D eigenvalue weighted by molar-refractivity contribution is 0.0698. The molecular weight excluding hydrogens is 348 g/mol. The molecule has 0 saturated carbocycles. The van der Waals surface area contributed by atoms with E-state index in [1.165, 1.54) is 15.3 Å². The summed E-state index contributed by atoms with van der Waals surface area (Å²) in [4.78, 5) is 21.6. The number of amides is 1. The molecular formula is C17H13ClN2OS2. The van der Waals surface area contributed by atoms with E-state index in [2.05, 4.69) is 27.9 Å². The minimum absolute atomic E-state index is 0.00409. The van der Waals surface area contributed by atoms with Gasteiger partial charge in [0.2, 0.25) is 0 Å². The summed E-state index contributed by atoms with van der Waals surface area (Å²) >= 11 is 9.30. The third kappa shape index (κ3) is 2.69. The monoisotopic (exact) mass is 360 g/mol. The Labute approximate surface area is 147 Å². The first-order chi connectivity index (χ1) is 11.2. The van der Waals surface area contributed by atoms with Crippen molar-refractivity contribution in [3.63, 3.8) is 0 Å². The number of carbonyl (C=O) groups excluding carboxylic acids is 1. The summed E-state index contributed by atoms with van der Waals surface area (Å²) in [7, 11) is 0. The van der Waals surface area contributed by atoms with Gasteiger partial charge in [-0.05, 0) is 47.0 Å². The number of fused-ring (bicyclic) bond motifs is 1. The van der Waals surface area contributed by atoms with E-state index in [9.17, 15) is 4.79 Å². The van der Waals surface area contributed by atoms with Gasteiger partial charge in [-0.1, -0.05) is 17.7 Å². The van der Waals surface area contributed by atoms with Gasteiger partial charge in [0.1, 0.15) is 5.15 Å². The molecule has 0 N–H and O–H groups in total. The average Bonchev–Trinajstić information content (AvgIpc) is 3.25. The van der Waals surface area contributed by atoms with Gasteiger partial charge in [-0.2, -0.15) is 0 Å². The van der Waals surface area contributed by atoms with Gasteiger partial charge in [0.15, 0.2) is 0 Å². The van der Waals surface area contributed by atoms with E-state index in [1.807, 2.05) is 11.0 Å². The predicted octanol–water partition coefficient (Wildman–Crippen LogP) is 4.65. The molecule has 4 rings (SSSR count). The van der Waals surface area contributed by atoms with Crippen molar-refractivity contribution in [2.24, 2.45) is 0 Å². The summed E-state index contributed by atoms with van der Waals surface area (Å²) in [6.07, 6.45) is 2.46. The number of aromatic nitrogens is 1. The topological polar surface area (TPSA) is 33.2 Å². The van der Waals surface area contributed by atoms with Gasteiger partial charge in [0, 0.05) is 22.5 Å². The maximum atomic E-state index is 13.0. The summed E-state index contributed by atoms with van der Waals surface area (Å²) in [6.45, 7) is 0.720. The van der Waals surface area contributed by atoms with E-state index < -0.39 is 0 Å². The Bertz CT molecular complexity index is 827. The molecule has 0 bridgehead atoms. The number of nitrogens with zero attached hydrogens (tertiary/aromatic N) is 2. The number of thiophene rings is 2. The molecule has 4 heterocycles. The summed E-state index contributed by atoms with van der Waals surface area (Å²) in [6, 6.07) is 9.68. The molecule has 1 atom stereocenters. The fourth-order valence-electron chi connectivity index (χ4n) is 2.96. The highest BCUT2D eigenvalue weighted by molar-refractivity contribution is 7.10. The molecule has 3 aromatic rings. The van der Waals surface area contributed by atoms with Crippen molar-refractivity contribution >= 4 is 40.2 Å². The Kier molecular flexibility index (Phi) is 3.93. The van der Waals surface area contributed by atoms with E-state index in [1.54, 1.807) is 41.0 Å². The van der Waals surface area contributed by atoms with Crippen LogP contribution in [0.3, 0.4) is 0 Å². The van der Waals surface area contributed by atoms with Crippen molar-refractivity contribution in [3.05, 3.63) is 73.3 Å². The van der Waals surface area contributed by atoms with Gasteiger partial charge in [-0.3, -0.25) is 4.79 Å². The number of halogens is 1. The smallest absolute Gasteiger partial charge is 0.256 e. The zero-order chi connectivity index (χ0) is 15.8. The molecule has 0 unspecified atom stereocenters. The van der Waals surface area contributed by atoms with Crippen LogP contribution in [0.25, 0.3) is 0 Å². The van der Waals surface area contributed by atoms with Crippen LogP contribution in [-0.2, 0) is 6.42 Å². The fraction of sp³-hybridized carbons (Fsp3) is 0.176. The number of pyridine rings is 1. The normalized spacial score (nSPS) is 17.1. The maximum Gasteiger partial charge on any atom is 0.256 e. The minimum Gasteiger partial charge on any atom is -0.326 e. The van der Waals surface area contributed by atoms with Crippen molar-refractivity contribution in [1.29, 1.82) is 0 Å². The lowest BCUT2D eigenvalue weighted by Crippen LogP contribution is -2.39. The van der Waals surface area contributed by atoms with Gasteiger partial charge in [0.05, 0.1) is 11.6 Å². The standard InChI is InChI=1S/C17H13ClN2OS2/c18-15-4-3-11(10-19-15)17(21)20-7-5-13-12(6-9-23-13)16(20)14-2-1-8-22-14/h1-4,6,8-10,16H,5,7H2/t16-/m1/s1. The molecule has 1 amide bonds. The third-order valence-electron chi connectivity index (χ3n) is 4.01. The molecule has 0 spiro atoms. The van der Waals surface area contributed by atoms with Crippen LogP contribution in [-0.4, -0.2) is 22.3 Å². The van der Waals surface area contributed by atoms with Gasteiger partial charge in [-0.25, -0.2) is 4.98 Å². The number of carbonyl (C=O) groups is 1. The highest BCUT2D eigenvalue weighted by Crippen LogP contribution is 2.40. The van der Waals surface area contributed by atoms with E-state index >= 15 is 0 Å². The Morgan fingerprint density at radius 3 is 2.87 bits per heavy atom. The number of hydrogen-bond acceptors (Lipinski definition) is 4. The van der Waals surface area contributed by atoms with Crippen LogP contribution in [0.1, 0.15) is 31.7 Å². The quantitative estimate of drug-likeness (QED) is 0.623. The van der Waals surface area contributed by atoms with Crippen molar-refractivity contribution in [3.8, 4) is 0 Å². The van der Waals surface area contributed by atoms with Gasteiger partial charge >= 0.3 is 0 Å². The Balaban J connectivity index is 1.75. The third-order valence-corrected chi connectivity index (χ3v) is 6.16. The second-order valence-electron chi connectivity index (χ2n) is 5.34. The number of rotatable bonds is 2. The predicted molar refractivity (Wildman–Crippen MR) is 94.5 cm³/mol. The zero-order valence-electron chi connectivity index (χ0n) is 12.1. The van der Waals surface area contributed by atoms with Crippen LogP contribution in [0.2, 0.25) is 5.15 Å². The second-order valence-corrected chi connectivity index (χ2v) is 7.70. The Hall–Kier alpha value is -1.69. The Morgan fingerprint density at radius 2 is 2.13 bits per heavy atom. The van der Waals surface area contributed by atoms with Crippen molar-refractivity contribution in [2.45, 2.75) is 12.5 Å². The van der Waals surface area contributed by atoms with E-state index in [-0.39, 0.29) is 11.9 Å². The average molecular weight is 361 g/mol. The molecule has 0 aromatic carbocycles. The van der Waals surface area contributed by atoms with Crippen LogP contribution >= 0.6 is 34.3 Å². The first-order valence-electron chi connectivity index (χ1n) is 7.26. The van der Waals surface area contributed by atoms with Crippen molar-refractivity contribution in [1.82, 2.24) is 9.88 Å². The number of hydrogen-bond donors (Lipinski definition) is 0. The largest absolute Gasteiger partial charge is 0.326 e. The van der Waals surface area contributed by atoms with Crippen LogP contribution in [0, 0.1) is 0 Å². The molecule has 1 aliphatic heterocycles. The summed E-state index contributed by atoms with van der Waals surface area (Å²) in [5.74, 6) is 0.00409. The van der Waals surface area contributed by atoms with Crippen molar-refractivity contribution < 1.29 is 4.79 Å². The zero-order valence-corrected chi connectivity index (χ0v) is 14.5. The molecule has 0 radical (unpaired) electrons. The summed E-state index contributed by atoms with van der Waals surface area (Å²) in [5, 5.41) is 4.57. The lowest BCUT2D eigenvalue weighted by atomic mass is 9.97. The molecule has 0 aliphatic carbocycles. The first-order valence-corrected chi connectivity index (χ1v) is 9.40. The molecule has 0 saturated heterocycles. The molecule has 0 fully saturated rings. The minimum atomic E-state index is -0.00632. The van der Waals surface area contributed by atoms with Crippen LogP contribution in [0.15, 0.2) is 47.3 Å². The molecule has 1 aliphatic rings. The molecule has 3 aromatic heterocycles.